The molecule has 1 N–H and O–H groups in total. The first-order valence-corrected chi connectivity index (χ1v) is 6.85. The van der Waals surface area contributed by atoms with Crippen LogP contribution in [-0.2, 0) is 0 Å². The molecule has 0 bridgehead atoms. The van der Waals surface area contributed by atoms with Gasteiger partial charge in [-0.15, -0.1) is 0 Å². The molecule has 0 fully saturated rings. The number of allylic oxidation sites excluding steroid dienone is 1. The van der Waals surface area contributed by atoms with Crippen LogP contribution >= 0.6 is 15.9 Å². The first-order chi connectivity index (χ1) is 10.0. The Balaban J connectivity index is 2.23. The second-order valence-electron chi connectivity index (χ2n) is 4.26. The van der Waals surface area contributed by atoms with Gasteiger partial charge in [-0.1, -0.05) is 6.08 Å². The second-order valence-corrected chi connectivity index (χ2v) is 5.11. The molecule has 3 nitrogen and oxygen atoms in total. The summed E-state index contributed by atoms with van der Waals surface area (Å²) < 4.78 is 18.3. The Bertz CT molecular complexity index is 693. The highest BCUT2D eigenvalue weighted by Crippen LogP contribution is 2.35. The molecule has 0 unspecified atom stereocenters. The van der Waals surface area contributed by atoms with E-state index in [0.717, 1.165) is 0 Å². The number of benzene rings is 2. The van der Waals surface area contributed by atoms with Gasteiger partial charge in [0.2, 0.25) is 0 Å². The summed E-state index contributed by atoms with van der Waals surface area (Å²) in [6.45, 7) is 0. The molecule has 2 aromatic rings. The SMILES string of the molecule is COc1cc(/C=C\C(=O)c2ccc(F)cc2)cc(Br)c1O. The van der Waals surface area contributed by atoms with E-state index in [1.165, 1.54) is 37.5 Å². The van der Waals surface area contributed by atoms with Crippen molar-refractivity contribution in [1.29, 1.82) is 0 Å². The lowest BCUT2D eigenvalue weighted by molar-refractivity contribution is 0.104. The van der Waals surface area contributed by atoms with Crippen molar-refractivity contribution < 1.29 is 19.0 Å². The van der Waals surface area contributed by atoms with E-state index in [0.29, 0.717) is 21.3 Å². The first-order valence-electron chi connectivity index (χ1n) is 6.05. The Kier molecular flexibility index (Phi) is 4.75. The zero-order valence-electron chi connectivity index (χ0n) is 11.1. The van der Waals surface area contributed by atoms with E-state index >= 15 is 0 Å². The predicted molar refractivity (Wildman–Crippen MR) is 82.1 cm³/mol. The standard InChI is InChI=1S/C16H12BrFO3/c1-21-15-9-10(8-13(17)16(15)20)2-7-14(19)11-3-5-12(18)6-4-11/h2-9,20H,1H3/b7-2-. The van der Waals surface area contributed by atoms with Crippen molar-refractivity contribution in [2.75, 3.05) is 7.11 Å². The van der Waals surface area contributed by atoms with E-state index in [4.69, 9.17) is 4.74 Å². The summed E-state index contributed by atoms with van der Waals surface area (Å²) in [5.41, 5.74) is 1.09. The molecule has 0 atom stereocenters. The van der Waals surface area contributed by atoms with Gasteiger partial charge < -0.3 is 9.84 Å². The van der Waals surface area contributed by atoms with Crippen molar-refractivity contribution >= 4 is 27.8 Å². The van der Waals surface area contributed by atoms with E-state index < -0.39 is 0 Å². The molecule has 0 aromatic heterocycles. The third-order valence-electron chi connectivity index (χ3n) is 2.83. The summed E-state index contributed by atoms with van der Waals surface area (Å²) in [4.78, 5) is 11.9. The molecule has 0 radical (unpaired) electrons. The highest BCUT2D eigenvalue weighted by atomic mass is 79.9. The van der Waals surface area contributed by atoms with Gasteiger partial charge in [-0.05, 0) is 64.0 Å². The van der Waals surface area contributed by atoms with Crippen LogP contribution in [0, 0.1) is 5.82 Å². The maximum absolute atomic E-state index is 12.8. The van der Waals surface area contributed by atoms with Crippen LogP contribution in [0.15, 0.2) is 46.9 Å². The molecule has 21 heavy (non-hydrogen) atoms. The molecule has 0 saturated carbocycles. The van der Waals surface area contributed by atoms with Gasteiger partial charge in [0.25, 0.3) is 0 Å². The number of hydrogen-bond acceptors (Lipinski definition) is 3. The number of carbonyl (C=O) groups excluding carboxylic acids is 1. The van der Waals surface area contributed by atoms with E-state index in [9.17, 15) is 14.3 Å². The van der Waals surface area contributed by atoms with Crippen molar-refractivity contribution in [3.05, 3.63) is 63.9 Å². The molecule has 2 rings (SSSR count). The molecule has 0 spiro atoms. The largest absolute Gasteiger partial charge is 0.503 e. The van der Waals surface area contributed by atoms with Gasteiger partial charge >= 0.3 is 0 Å². The molecule has 0 heterocycles. The first kappa shape index (κ1) is 15.3. The zero-order chi connectivity index (χ0) is 15.4. The fraction of sp³-hybridized carbons (Fsp3) is 0.0625. The molecule has 0 amide bonds. The van der Waals surface area contributed by atoms with Crippen LogP contribution in [0.25, 0.3) is 6.08 Å². The predicted octanol–water partition coefficient (Wildman–Crippen LogP) is 4.20. The van der Waals surface area contributed by atoms with Crippen LogP contribution < -0.4 is 4.74 Å². The Morgan fingerprint density at radius 2 is 1.95 bits per heavy atom. The average Bonchev–Trinajstić information content (AvgIpc) is 2.48. The number of carbonyl (C=O) groups is 1. The van der Waals surface area contributed by atoms with E-state index in [1.54, 1.807) is 18.2 Å². The molecule has 0 aliphatic carbocycles. The van der Waals surface area contributed by atoms with Crippen molar-refractivity contribution in [3.8, 4) is 11.5 Å². The molecular formula is C16H12BrFO3. The van der Waals surface area contributed by atoms with Gasteiger partial charge in [-0.2, -0.15) is 0 Å². The highest BCUT2D eigenvalue weighted by Gasteiger charge is 2.08. The lowest BCUT2D eigenvalue weighted by atomic mass is 10.1. The molecule has 0 aliphatic rings. The van der Waals surface area contributed by atoms with Crippen molar-refractivity contribution in [3.63, 3.8) is 0 Å². The van der Waals surface area contributed by atoms with E-state index in [2.05, 4.69) is 15.9 Å². The number of aromatic hydroxyl groups is 1. The normalized spacial score (nSPS) is 10.8. The average molecular weight is 351 g/mol. The van der Waals surface area contributed by atoms with Crippen LogP contribution in [0.4, 0.5) is 4.39 Å². The van der Waals surface area contributed by atoms with Gasteiger partial charge in [0.05, 0.1) is 11.6 Å². The van der Waals surface area contributed by atoms with Crippen LogP contribution in [0.3, 0.4) is 0 Å². The summed E-state index contributed by atoms with van der Waals surface area (Å²) >= 11 is 3.21. The summed E-state index contributed by atoms with van der Waals surface area (Å²) in [6, 6.07) is 8.59. The van der Waals surface area contributed by atoms with Crippen LogP contribution in [0.1, 0.15) is 15.9 Å². The minimum Gasteiger partial charge on any atom is -0.503 e. The van der Waals surface area contributed by atoms with Gasteiger partial charge in [0, 0.05) is 5.56 Å². The minimum absolute atomic E-state index is 0.000453. The Hall–Kier alpha value is -2.14. The number of hydrogen-bond donors (Lipinski definition) is 1. The molecule has 108 valence electrons. The third-order valence-corrected chi connectivity index (χ3v) is 3.43. The summed E-state index contributed by atoms with van der Waals surface area (Å²) in [5.74, 6) is -0.321. The Morgan fingerprint density at radius 3 is 2.57 bits per heavy atom. The monoisotopic (exact) mass is 350 g/mol. The topological polar surface area (TPSA) is 46.5 Å². The third kappa shape index (κ3) is 3.70. The Labute approximate surface area is 129 Å². The smallest absolute Gasteiger partial charge is 0.185 e. The molecule has 0 saturated heterocycles. The fourth-order valence-corrected chi connectivity index (χ4v) is 2.19. The quantitative estimate of drug-likeness (QED) is 0.663. The van der Waals surface area contributed by atoms with Gasteiger partial charge in [-0.25, -0.2) is 4.39 Å². The number of halogens is 2. The number of ether oxygens (including phenoxy) is 1. The van der Waals surface area contributed by atoms with Crippen LogP contribution in [0.5, 0.6) is 11.5 Å². The summed E-state index contributed by atoms with van der Waals surface area (Å²) in [6.07, 6.45) is 2.98. The number of phenolic OH excluding ortho intramolecular Hbond substituents is 1. The maximum Gasteiger partial charge on any atom is 0.185 e. The van der Waals surface area contributed by atoms with Gasteiger partial charge in [0.1, 0.15) is 5.82 Å². The summed E-state index contributed by atoms with van der Waals surface area (Å²) in [7, 11) is 1.44. The molecule has 0 aliphatic heterocycles. The molecule has 2 aromatic carbocycles. The number of rotatable bonds is 4. The highest BCUT2D eigenvalue weighted by molar-refractivity contribution is 9.10. The maximum atomic E-state index is 12.8. The number of methoxy groups -OCH3 is 1. The lowest BCUT2D eigenvalue weighted by Crippen LogP contribution is -1.94. The molecule has 5 heteroatoms. The van der Waals surface area contributed by atoms with Gasteiger partial charge in [-0.3, -0.25) is 4.79 Å². The number of ketones is 1. The van der Waals surface area contributed by atoms with Crippen molar-refractivity contribution in [2.45, 2.75) is 0 Å². The van der Waals surface area contributed by atoms with Crippen LogP contribution in [0.2, 0.25) is 0 Å². The zero-order valence-corrected chi connectivity index (χ0v) is 12.7. The van der Waals surface area contributed by atoms with Gasteiger partial charge in [0.15, 0.2) is 17.3 Å². The lowest BCUT2D eigenvalue weighted by Gasteiger charge is -2.06. The van der Waals surface area contributed by atoms with E-state index in [-0.39, 0.29) is 17.3 Å². The Morgan fingerprint density at radius 1 is 1.29 bits per heavy atom. The van der Waals surface area contributed by atoms with Crippen molar-refractivity contribution in [1.82, 2.24) is 0 Å². The second kappa shape index (κ2) is 6.54. The summed E-state index contributed by atoms with van der Waals surface area (Å²) in [5, 5.41) is 9.70. The molecular weight excluding hydrogens is 339 g/mol. The van der Waals surface area contributed by atoms with Crippen LogP contribution in [-0.4, -0.2) is 18.0 Å². The minimum atomic E-state index is -0.386. The number of phenols is 1. The van der Waals surface area contributed by atoms with E-state index in [1.807, 2.05) is 0 Å². The fourth-order valence-electron chi connectivity index (χ4n) is 1.73. The van der Waals surface area contributed by atoms with Crippen molar-refractivity contribution in [2.24, 2.45) is 0 Å².